The number of nitrogens with zero attached hydrogens (tertiary/aromatic N) is 2. The minimum atomic E-state index is -4.59. The molecule has 5 nitrogen and oxygen atoms in total. The first-order valence-electron chi connectivity index (χ1n) is 9.42. The standard InChI is InChI=1S/C22H20F4N2O3/c1-27(13-14-7-3-4-8-15(14)22(24,25)26)18(29)11-21(12-19(30)28(2)20(21)31)16-9-5-6-10-17(16)23/h3-10H,11-13H2,1-2H3. The van der Waals surface area contributed by atoms with E-state index in [0.29, 0.717) is 0 Å². The van der Waals surface area contributed by atoms with Crippen molar-refractivity contribution < 1.29 is 31.9 Å². The first-order chi connectivity index (χ1) is 14.5. The van der Waals surface area contributed by atoms with Crippen LogP contribution in [0, 0.1) is 5.82 Å². The Labute approximate surface area is 176 Å². The number of rotatable bonds is 5. The molecule has 1 fully saturated rings. The first-order valence-corrected chi connectivity index (χ1v) is 9.42. The molecule has 1 unspecified atom stereocenters. The third kappa shape index (κ3) is 4.17. The maximum Gasteiger partial charge on any atom is 0.416 e. The Bertz CT molecular complexity index is 1040. The Hall–Kier alpha value is -3.23. The van der Waals surface area contributed by atoms with E-state index in [4.69, 9.17) is 0 Å². The summed E-state index contributed by atoms with van der Waals surface area (Å²) >= 11 is 0. The molecule has 1 atom stereocenters. The van der Waals surface area contributed by atoms with E-state index in [9.17, 15) is 31.9 Å². The van der Waals surface area contributed by atoms with Crippen molar-refractivity contribution in [2.75, 3.05) is 14.1 Å². The SMILES string of the molecule is CN(Cc1ccccc1C(F)(F)F)C(=O)CC1(c2ccccc2F)CC(=O)N(C)C1=O. The number of carbonyl (C=O) groups is 3. The van der Waals surface area contributed by atoms with Crippen LogP contribution in [0.15, 0.2) is 48.5 Å². The molecule has 1 saturated heterocycles. The Balaban J connectivity index is 1.92. The van der Waals surface area contributed by atoms with Crippen LogP contribution in [0.25, 0.3) is 0 Å². The third-order valence-corrected chi connectivity index (χ3v) is 5.54. The van der Waals surface area contributed by atoms with Gasteiger partial charge in [-0.2, -0.15) is 13.2 Å². The van der Waals surface area contributed by atoms with Crippen LogP contribution in [0.2, 0.25) is 0 Å². The summed E-state index contributed by atoms with van der Waals surface area (Å²) in [5.41, 5.74) is -2.82. The van der Waals surface area contributed by atoms with Gasteiger partial charge in [0, 0.05) is 39.0 Å². The second-order valence-electron chi connectivity index (χ2n) is 7.58. The average molecular weight is 436 g/mol. The lowest BCUT2D eigenvalue weighted by atomic mass is 9.75. The molecule has 1 aliphatic rings. The topological polar surface area (TPSA) is 57.7 Å². The lowest BCUT2D eigenvalue weighted by molar-refractivity contribution is -0.141. The second kappa shape index (κ2) is 8.13. The van der Waals surface area contributed by atoms with E-state index >= 15 is 0 Å². The Morgan fingerprint density at radius 3 is 2.29 bits per heavy atom. The number of imide groups is 1. The molecular formula is C22H20F4N2O3. The van der Waals surface area contributed by atoms with Crippen LogP contribution in [0.5, 0.6) is 0 Å². The number of hydrogen-bond donors (Lipinski definition) is 0. The van der Waals surface area contributed by atoms with Gasteiger partial charge in [-0.1, -0.05) is 36.4 Å². The molecule has 2 aromatic carbocycles. The molecule has 0 radical (unpaired) electrons. The van der Waals surface area contributed by atoms with Crippen LogP contribution in [0.4, 0.5) is 17.6 Å². The summed E-state index contributed by atoms with van der Waals surface area (Å²) in [7, 11) is 2.55. The largest absolute Gasteiger partial charge is 0.416 e. The number of carbonyl (C=O) groups excluding carboxylic acids is 3. The highest BCUT2D eigenvalue weighted by Crippen LogP contribution is 2.41. The molecule has 1 aliphatic heterocycles. The van der Waals surface area contributed by atoms with Gasteiger partial charge in [0.05, 0.1) is 11.0 Å². The molecule has 31 heavy (non-hydrogen) atoms. The lowest BCUT2D eigenvalue weighted by Crippen LogP contribution is -2.42. The molecule has 0 N–H and O–H groups in total. The van der Waals surface area contributed by atoms with Gasteiger partial charge in [-0.15, -0.1) is 0 Å². The number of amides is 3. The van der Waals surface area contributed by atoms with Crippen LogP contribution in [0.3, 0.4) is 0 Å². The smallest absolute Gasteiger partial charge is 0.341 e. The molecule has 3 amide bonds. The highest BCUT2D eigenvalue weighted by atomic mass is 19.4. The van der Waals surface area contributed by atoms with Gasteiger partial charge in [-0.05, 0) is 17.7 Å². The average Bonchev–Trinajstić information content (AvgIpc) is 2.92. The Morgan fingerprint density at radius 1 is 1.10 bits per heavy atom. The van der Waals surface area contributed by atoms with Gasteiger partial charge >= 0.3 is 6.18 Å². The van der Waals surface area contributed by atoms with Gasteiger partial charge in [0.15, 0.2) is 0 Å². The summed E-state index contributed by atoms with van der Waals surface area (Å²) in [6.45, 7) is -0.361. The number of halogens is 4. The Morgan fingerprint density at radius 2 is 1.71 bits per heavy atom. The summed E-state index contributed by atoms with van der Waals surface area (Å²) in [6.07, 6.45) is -5.54. The van der Waals surface area contributed by atoms with Crippen LogP contribution < -0.4 is 0 Å². The number of alkyl halides is 3. The normalized spacial score (nSPS) is 19.1. The zero-order chi connectivity index (χ0) is 23.0. The predicted octanol–water partition coefficient (Wildman–Crippen LogP) is 3.52. The van der Waals surface area contributed by atoms with Crippen molar-refractivity contribution in [1.82, 2.24) is 9.80 Å². The summed E-state index contributed by atoms with van der Waals surface area (Å²) in [6, 6.07) is 10.2. The molecule has 1 heterocycles. The van der Waals surface area contributed by atoms with Gasteiger partial charge in [0.25, 0.3) is 0 Å². The number of hydrogen-bond acceptors (Lipinski definition) is 3. The van der Waals surface area contributed by atoms with E-state index in [1.165, 1.54) is 50.5 Å². The maximum absolute atomic E-state index is 14.6. The van der Waals surface area contributed by atoms with Crippen LogP contribution in [-0.2, 0) is 32.5 Å². The zero-order valence-corrected chi connectivity index (χ0v) is 16.9. The fourth-order valence-corrected chi connectivity index (χ4v) is 3.85. The van der Waals surface area contributed by atoms with Crippen LogP contribution in [-0.4, -0.2) is 41.6 Å². The number of likely N-dealkylation sites (tertiary alicyclic amines) is 1. The monoisotopic (exact) mass is 436 g/mol. The number of likely N-dealkylation sites (N-methyl/N-ethyl adjacent to an activating group) is 1. The fourth-order valence-electron chi connectivity index (χ4n) is 3.85. The molecule has 164 valence electrons. The zero-order valence-electron chi connectivity index (χ0n) is 16.9. The second-order valence-corrected chi connectivity index (χ2v) is 7.58. The van der Waals surface area contributed by atoms with Gasteiger partial charge in [0.1, 0.15) is 5.82 Å². The molecule has 0 saturated carbocycles. The molecule has 0 bridgehead atoms. The predicted molar refractivity (Wildman–Crippen MR) is 103 cm³/mol. The summed E-state index contributed by atoms with van der Waals surface area (Å²) in [4.78, 5) is 40.0. The van der Waals surface area contributed by atoms with Crippen LogP contribution in [0.1, 0.15) is 29.5 Å². The van der Waals surface area contributed by atoms with E-state index < -0.39 is 53.5 Å². The van der Waals surface area contributed by atoms with Crippen molar-refractivity contribution in [3.05, 3.63) is 71.0 Å². The van der Waals surface area contributed by atoms with Crippen molar-refractivity contribution in [3.8, 4) is 0 Å². The van der Waals surface area contributed by atoms with E-state index in [1.807, 2.05) is 0 Å². The molecule has 9 heteroatoms. The quantitative estimate of drug-likeness (QED) is 0.533. The van der Waals surface area contributed by atoms with Crippen molar-refractivity contribution in [3.63, 3.8) is 0 Å². The van der Waals surface area contributed by atoms with E-state index in [2.05, 4.69) is 0 Å². The summed E-state index contributed by atoms with van der Waals surface area (Å²) in [5.74, 6) is -2.71. The number of benzene rings is 2. The van der Waals surface area contributed by atoms with Crippen molar-refractivity contribution >= 4 is 17.7 Å². The van der Waals surface area contributed by atoms with Gasteiger partial charge in [0.2, 0.25) is 17.7 Å². The fraction of sp³-hybridized carbons (Fsp3) is 0.318. The summed E-state index contributed by atoms with van der Waals surface area (Å²) in [5, 5.41) is 0. The third-order valence-electron chi connectivity index (χ3n) is 5.54. The highest BCUT2D eigenvalue weighted by molar-refractivity contribution is 6.10. The minimum absolute atomic E-state index is 0.0878. The van der Waals surface area contributed by atoms with E-state index in [-0.39, 0.29) is 17.7 Å². The van der Waals surface area contributed by atoms with E-state index in [0.717, 1.165) is 21.9 Å². The molecule has 0 aromatic heterocycles. The highest BCUT2D eigenvalue weighted by Gasteiger charge is 2.54. The minimum Gasteiger partial charge on any atom is -0.341 e. The molecule has 3 rings (SSSR count). The van der Waals surface area contributed by atoms with Gasteiger partial charge < -0.3 is 4.90 Å². The van der Waals surface area contributed by atoms with Gasteiger partial charge in [-0.3, -0.25) is 19.3 Å². The summed E-state index contributed by atoms with van der Waals surface area (Å²) < 4.78 is 54.3. The molecular weight excluding hydrogens is 416 g/mol. The van der Waals surface area contributed by atoms with Crippen molar-refractivity contribution in [2.45, 2.75) is 31.0 Å². The molecule has 0 spiro atoms. The van der Waals surface area contributed by atoms with Gasteiger partial charge in [-0.25, -0.2) is 4.39 Å². The molecule has 2 aromatic rings. The van der Waals surface area contributed by atoms with E-state index in [1.54, 1.807) is 0 Å². The lowest BCUT2D eigenvalue weighted by Gasteiger charge is -2.29. The van der Waals surface area contributed by atoms with Crippen molar-refractivity contribution in [1.29, 1.82) is 0 Å². The van der Waals surface area contributed by atoms with Crippen molar-refractivity contribution in [2.24, 2.45) is 0 Å². The molecule has 0 aliphatic carbocycles. The van der Waals surface area contributed by atoms with Crippen LogP contribution >= 0.6 is 0 Å². The maximum atomic E-state index is 14.6. The Kier molecular flexibility index (Phi) is 5.89. The first kappa shape index (κ1) is 22.5.